The van der Waals surface area contributed by atoms with E-state index >= 15 is 0 Å². The van der Waals surface area contributed by atoms with Crippen LogP contribution in [0.3, 0.4) is 0 Å². The van der Waals surface area contributed by atoms with Gasteiger partial charge in [-0.25, -0.2) is 4.39 Å². The van der Waals surface area contributed by atoms with Gasteiger partial charge in [-0.1, -0.05) is 15.9 Å². The second-order valence-electron chi connectivity index (χ2n) is 3.24. The van der Waals surface area contributed by atoms with E-state index in [-0.39, 0.29) is 0 Å². The smallest absolute Gasteiger partial charge is 0.150 e. The predicted octanol–water partition coefficient (Wildman–Crippen LogP) is 4.03. The van der Waals surface area contributed by atoms with Crippen LogP contribution in [0.4, 0.5) is 4.39 Å². The van der Waals surface area contributed by atoms with Crippen LogP contribution in [0.5, 0.6) is 0 Å². The van der Waals surface area contributed by atoms with Crippen LogP contribution < -0.4 is 0 Å². The van der Waals surface area contributed by atoms with Crippen LogP contribution in [0.15, 0.2) is 43.9 Å². The lowest BCUT2D eigenvalue weighted by molar-refractivity contribution is 0.188. The largest absolute Gasteiger partial charge is 0.465 e. The molecule has 1 N–H and O–H groups in total. The van der Waals surface area contributed by atoms with Gasteiger partial charge in [0.05, 0.1) is 10.7 Å². The summed E-state index contributed by atoms with van der Waals surface area (Å²) >= 11 is 6.41. The molecule has 1 heterocycles. The molecular formula is C11H7Br2FO2. The first-order valence-corrected chi connectivity index (χ1v) is 6.03. The Kier molecular flexibility index (Phi) is 3.47. The molecule has 2 rings (SSSR count). The average molecular weight is 350 g/mol. The predicted molar refractivity (Wildman–Crippen MR) is 64.6 cm³/mol. The summed E-state index contributed by atoms with van der Waals surface area (Å²) in [6.45, 7) is 0. The van der Waals surface area contributed by atoms with Gasteiger partial charge < -0.3 is 9.52 Å². The second-order valence-corrected chi connectivity index (χ2v) is 5.01. The zero-order valence-electron chi connectivity index (χ0n) is 7.95. The third-order valence-electron chi connectivity index (χ3n) is 2.09. The lowest BCUT2D eigenvalue weighted by atomic mass is 10.1. The van der Waals surface area contributed by atoms with Crippen molar-refractivity contribution in [2.45, 2.75) is 6.10 Å². The van der Waals surface area contributed by atoms with Gasteiger partial charge in [0.2, 0.25) is 0 Å². The van der Waals surface area contributed by atoms with Gasteiger partial charge in [0.25, 0.3) is 0 Å². The summed E-state index contributed by atoms with van der Waals surface area (Å²) in [5.41, 5.74) is 0.433. The minimum atomic E-state index is -0.989. The molecule has 0 aliphatic heterocycles. The van der Waals surface area contributed by atoms with E-state index < -0.39 is 11.9 Å². The molecule has 16 heavy (non-hydrogen) atoms. The highest BCUT2D eigenvalue weighted by molar-refractivity contribution is 9.10. The summed E-state index contributed by atoms with van der Waals surface area (Å²) in [5, 5.41) is 10.00. The second kappa shape index (κ2) is 4.69. The summed E-state index contributed by atoms with van der Waals surface area (Å²) in [6, 6.07) is 5.91. The van der Waals surface area contributed by atoms with Crippen LogP contribution >= 0.6 is 31.9 Å². The van der Waals surface area contributed by atoms with Gasteiger partial charge in [0.15, 0.2) is 5.76 Å². The van der Waals surface area contributed by atoms with E-state index in [1.807, 2.05) is 0 Å². The van der Waals surface area contributed by atoms with E-state index in [1.165, 1.54) is 18.4 Å². The molecule has 0 radical (unpaired) electrons. The van der Waals surface area contributed by atoms with Crippen LogP contribution in [0, 0.1) is 5.82 Å². The van der Waals surface area contributed by atoms with Gasteiger partial charge in [-0.15, -0.1) is 0 Å². The molecule has 0 spiro atoms. The first kappa shape index (κ1) is 11.8. The van der Waals surface area contributed by atoms with Gasteiger partial charge in [0.1, 0.15) is 11.9 Å². The van der Waals surface area contributed by atoms with Crippen molar-refractivity contribution in [1.82, 2.24) is 0 Å². The first-order valence-electron chi connectivity index (χ1n) is 4.45. The van der Waals surface area contributed by atoms with E-state index in [0.717, 1.165) is 0 Å². The zero-order chi connectivity index (χ0) is 11.7. The molecule has 2 nitrogen and oxygen atoms in total. The van der Waals surface area contributed by atoms with Crippen LogP contribution in [0.2, 0.25) is 0 Å². The first-order chi connectivity index (χ1) is 7.58. The highest BCUT2D eigenvalue weighted by atomic mass is 79.9. The average Bonchev–Trinajstić information content (AvgIpc) is 2.62. The standard InChI is InChI=1S/C11H7Br2FO2/c12-7-3-6(4-8(14)5-7)10(15)11-9(13)1-2-16-11/h1-5,10,15H. The Bertz CT molecular complexity index is 490. The van der Waals surface area contributed by atoms with E-state index in [0.29, 0.717) is 20.3 Å². The Labute approximate surface area is 108 Å². The highest BCUT2D eigenvalue weighted by Crippen LogP contribution is 2.30. The fourth-order valence-corrected chi connectivity index (χ4v) is 2.29. The third-order valence-corrected chi connectivity index (χ3v) is 3.21. The van der Waals surface area contributed by atoms with Crippen LogP contribution in [-0.4, -0.2) is 5.11 Å². The topological polar surface area (TPSA) is 33.4 Å². The summed E-state index contributed by atoms with van der Waals surface area (Å²) in [4.78, 5) is 0. The molecule has 0 aliphatic rings. The minimum absolute atomic E-state index is 0.359. The molecule has 5 heteroatoms. The van der Waals surface area contributed by atoms with Crippen LogP contribution in [0.25, 0.3) is 0 Å². The van der Waals surface area contributed by atoms with E-state index in [9.17, 15) is 9.50 Å². The molecule has 0 aliphatic carbocycles. The molecule has 0 saturated carbocycles. The van der Waals surface area contributed by atoms with Gasteiger partial charge >= 0.3 is 0 Å². The number of halogens is 3. The van der Waals surface area contributed by atoms with Crippen molar-refractivity contribution in [3.05, 3.63) is 56.6 Å². The summed E-state index contributed by atoms with van der Waals surface area (Å²) in [5.74, 6) is -0.0522. The molecule has 1 aromatic heterocycles. The molecule has 1 aromatic carbocycles. The number of hydrogen-bond donors (Lipinski definition) is 1. The molecule has 0 saturated heterocycles. The van der Waals surface area contributed by atoms with Crippen molar-refractivity contribution in [2.75, 3.05) is 0 Å². The Balaban J connectivity index is 2.41. The SMILES string of the molecule is OC(c1cc(F)cc(Br)c1)c1occc1Br. The normalized spacial score (nSPS) is 12.8. The van der Waals surface area contributed by atoms with E-state index in [4.69, 9.17) is 4.42 Å². The quantitative estimate of drug-likeness (QED) is 0.888. The molecular weight excluding hydrogens is 343 g/mol. The Morgan fingerprint density at radius 2 is 2.00 bits per heavy atom. The number of aliphatic hydroxyl groups is 1. The van der Waals surface area contributed by atoms with Crippen molar-refractivity contribution >= 4 is 31.9 Å². The number of furan rings is 1. The zero-order valence-corrected chi connectivity index (χ0v) is 11.1. The monoisotopic (exact) mass is 348 g/mol. The van der Waals surface area contributed by atoms with Crippen LogP contribution in [0.1, 0.15) is 17.4 Å². The highest BCUT2D eigenvalue weighted by Gasteiger charge is 2.18. The van der Waals surface area contributed by atoms with E-state index in [2.05, 4.69) is 31.9 Å². The number of benzene rings is 1. The van der Waals surface area contributed by atoms with Crippen LogP contribution in [-0.2, 0) is 0 Å². The molecule has 0 bridgehead atoms. The Morgan fingerprint density at radius 3 is 2.56 bits per heavy atom. The van der Waals surface area contributed by atoms with Crippen molar-refractivity contribution in [3.63, 3.8) is 0 Å². The molecule has 84 valence electrons. The molecule has 0 amide bonds. The number of hydrogen-bond acceptors (Lipinski definition) is 2. The Morgan fingerprint density at radius 1 is 1.25 bits per heavy atom. The van der Waals surface area contributed by atoms with E-state index in [1.54, 1.807) is 12.1 Å². The van der Waals surface area contributed by atoms with Gasteiger partial charge in [-0.05, 0) is 45.8 Å². The fraction of sp³-hybridized carbons (Fsp3) is 0.0909. The number of aliphatic hydroxyl groups excluding tert-OH is 1. The van der Waals surface area contributed by atoms with Crippen molar-refractivity contribution in [2.24, 2.45) is 0 Å². The maximum atomic E-state index is 13.1. The molecule has 1 atom stereocenters. The van der Waals surface area contributed by atoms with Crippen molar-refractivity contribution < 1.29 is 13.9 Å². The summed E-state index contributed by atoms with van der Waals surface area (Å²) in [7, 11) is 0. The maximum Gasteiger partial charge on any atom is 0.150 e. The van der Waals surface area contributed by atoms with Gasteiger partial charge in [-0.3, -0.25) is 0 Å². The molecule has 2 aromatic rings. The molecule has 0 fully saturated rings. The summed E-state index contributed by atoms with van der Waals surface area (Å²) in [6.07, 6.45) is 0.466. The maximum absolute atomic E-state index is 13.1. The number of rotatable bonds is 2. The van der Waals surface area contributed by atoms with Gasteiger partial charge in [-0.2, -0.15) is 0 Å². The fourth-order valence-electron chi connectivity index (χ4n) is 1.38. The van der Waals surface area contributed by atoms with Crippen molar-refractivity contribution in [3.8, 4) is 0 Å². The lowest BCUT2D eigenvalue weighted by Crippen LogP contribution is -1.99. The van der Waals surface area contributed by atoms with Crippen molar-refractivity contribution in [1.29, 1.82) is 0 Å². The Hall–Kier alpha value is -0.650. The lowest BCUT2D eigenvalue weighted by Gasteiger charge is -2.09. The minimum Gasteiger partial charge on any atom is -0.465 e. The third kappa shape index (κ3) is 2.36. The summed E-state index contributed by atoms with van der Waals surface area (Å²) < 4.78 is 19.5. The molecule has 1 unspecified atom stereocenters. The van der Waals surface area contributed by atoms with Gasteiger partial charge in [0, 0.05) is 4.47 Å².